The van der Waals surface area contributed by atoms with Crippen LogP contribution in [0, 0.1) is 11.8 Å². The Kier molecular flexibility index (Phi) is 5.85. The van der Waals surface area contributed by atoms with Gasteiger partial charge in [-0.3, -0.25) is 9.59 Å². The summed E-state index contributed by atoms with van der Waals surface area (Å²) in [5, 5.41) is 5.60. The maximum Gasteiger partial charge on any atom is 0.243 e. The molecular formula is C23H27N3O4S. The highest BCUT2D eigenvalue weighted by molar-refractivity contribution is 7.89. The van der Waals surface area contributed by atoms with E-state index in [2.05, 4.69) is 24.5 Å². The molecule has 1 fully saturated rings. The van der Waals surface area contributed by atoms with Gasteiger partial charge in [-0.05, 0) is 54.2 Å². The fourth-order valence-corrected chi connectivity index (χ4v) is 6.22. The topological polar surface area (TPSA) is 95.6 Å². The van der Waals surface area contributed by atoms with Crippen molar-refractivity contribution in [2.24, 2.45) is 11.8 Å². The number of hydrogen-bond acceptors (Lipinski definition) is 4. The number of piperidine rings is 1. The van der Waals surface area contributed by atoms with Crippen LogP contribution in [0.5, 0.6) is 0 Å². The molecule has 2 heterocycles. The van der Waals surface area contributed by atoms with Crippen molar-refractivity contribution in [3.8, 4) is 0 Å². The monoisotopic (exact) mass is 441 g/mol. The number of hydrogen-bond donors (Lipinski definition) is 2. The number of carbonyl (C=O) groups excluding carboxylic acids is 2. The highest BCUT2D eigenvalue weighted by Crippen LogP contribution is 2.33. The number of benzene rings is 2. The van der Waals surface area contributed by atoms with Crippen LogP contribution < -0.4 is 10.6 Å². The van der Waals surface area contributed by atoms with Crippen LogP contribution in [0.4, 0.5) is 11.4 Å². The summed E-state index contributed by atoms with van der Waals surface area (Å²) in [4.78, 5) is 25.1. The molecule has 2 amide bonds. The zero-order valence-corrected chi connectivity index (χ0v) is 18.5. The third kappa shape index (κ3) is 4.50. The molecule has 0 saturated carbocycles. The number of nitrogens with one attached hydrogen (secondary N) is 2. The molecule has 8 heteroatoms. The van der Waals surface area contributed by atoms with Gasteiger partial charge in [0.1, 0.15) is 0 Å². The smallest absolute Gasteiger partial charge is 0.243 e. The second kappa shape index (κ2) is 8.43. The molecule has 164 valence electrons. The first-order valence-electron chi connectivity index (χ1n) is 10.5. The Balaban J connectivity index is 1.49. The molecule has 0 radical (unpaired) electrons. The van der Waals surface area contributed by atoms with Gasteiger partial charge in [-0.15, -0.1) is 0 Å². The minimum atomic E-state index is -3.57. The normalized spacial score (nSPS) is 24.2. The number of para-hydroxylation sites is 1. The molecule has 2 N–H and O–H groups in total. The van der Waals surface area contributed by atoms with Gasteiger partial charge in [0.25, 0.3) is 0 Å². The lowest BCUT2D eigenvalue weighted by Crippen LogP contribution is -2.42. The summed E-state index contributed by atoms with van der Waals surface area (Å²) < 4.78 is 27.6. The predicted molar refractivity (Wildman–Crippen MR) is 119 cm³/mol. The van der Waals surface area contributed by atoms with Crippen molar-refractivity contribution < 1.29 is 18.0 Å². The van der Waals surface area contributed by atoms with E-state index in [0.29, 0.717) is 36.3 Å². The highest BCUT2D eigenvalue weighted by Gasteiger charge is 2.32. The standard InChI is InChI=1S/C23H27N3O4S/c1-15-11-16(2)14-26(13-15)31(29,30)18-9-7-17(8-10-18)24-23(28)20-12-22(27)25-21-6-4-3-5-19(20)21/h3-10,15-16,20H,11-14H2,1-2H3,(H,24,28)(H,25,27). The molecule has 3 unspecified atom stereocenters. The number of anilines is 2. The fourth-order valence-electron chi connectivity index (χ4n) is 4.54. The van der Waals surface area contributed by atoms with Crippen molar-refractivity contribution in [2.45, 2.75) is 37.5 Å². The summed E-state index contributed by atoms with van der Waals surface area (Å²) in [6.45, 7) is 5.18. The van der Waals surface area contributed by atoms with Gasteiger partial charge in [0, 0.05) is 30.9 Å². The molecule has 0 bridgehead atoms. The molecule has 2 aromatic rings. The Morgan fingerprint density at radius 3 is 2.35 bits per heavy atom. The maximum absolute atomic E-state index is 13.0. The van der Waals surface area contributed by atoms with Gasteiger partial charge in [0.05, 0.1) is 10.8 Å². The summed E-state index contributed by atoms with van der Waals surface area (Å²) in [5.74, 6) is -0.438. The lowest BCUT2D eigenvalue weighted by molar-refractivity contribution is -0.123. The lowest BCUT2D eigenvalue weighted by atomic mass is 9.90. The van der Waals surface area contributed by atoms with E-state index in [1.807, 2.05) is 18.2 Å². The minimum Gasteiger partial charge on any atom is -0.326 e. The Hall–Kier alpha value is -2.71. The molecule has 31 heavy (non-hydrogen) atoms. The number of amides is 2. The van der Waals surface area contributed by atoms with E-state index >= 15 is 0 Å². The second-order valence-corrected chi connectivity index (χ2v) is 10.6. The first kappa shape index (κ1) is 21.5. The SMILES string of the molecule is CC1CC(C)CN(S(=O)(=O)c2ccc(NC(=O)C3CC(=O)Nc4ccccc43)cc2)C1. The number of rotatable bonds is 4. The second-order valence-electron chi connectivity index (χ2n) is 8.67. The quantitative estimate of drug-likeness (QED) is 0.760. The fraction of sp³-hybridized carbons (Fsp3) is 0.391. The van der Waals surface area contributed by atoms with Crippen molar-refractivity contribution in [1.29, 1.82) is 0 Å². The Bertz CT molecular complexity index is 1090. The van der Waals surface area contributed by atoms with Crippen molar-refractivity contribution in [1.82, 2.24) is 4.31 Å². The van der Waals surface area contributed by atoms with Crippen LogP contribution in [-0.4, -0.2) is 37.6 Å². The largest absolute Gasteiger partial charge is 0.326 e. The van der Waals surface area contributed by atoms with Crippen LogP contribution in [0.3, 0.4) is 0 Å². The summed E-state index contributed by atoms with van der Waals surface area (Å²) in [6, 6.07) is 13.5. The summed E-state index contributed by atoms with van der Waals surface area (Å²) in [7, 11) is -3.57. The molecule has 1 saturated heterocycles. The molecule has 2 aliphatic heterocycles. The van der Waals surface area contributed by atoms with Crippen LogP contribution in [-0.2, 0) is 19.6 Å². The molecule has 0 aliphatic carbocycles. The van der Waals surface area contributed by atoms with Gasteiger partial charge < -0.3 is 10.6 Å². The summed E-state index contributed by atoms with van der Waals surface area (Å²) in [6.07, 6.45) is 1.10. The molecule has 2 aromatic carbocycles. The molecule has 4 rings (SSSR count). The molecule has 0 spiro atoms. The van der Waals surface area contributed by atoms with Crippen molar-refractivity contribution in [2.75, 3.05) is 23.7 Å². The first-order chi connectivity index (χ1) is 14.7. The van der Waals surface area contributed by atoms with E-state index in [9.17, 15) is 18.0 Å². The van der Waals surface area contributed by atoms with Gasteiger partial charge in [-0.1, -0.05) is 32.0 Å². The van der Waals surface area contributed by atoms with Gasteiger partial charge in [0.15, 0.2) is 0 Å². The molecular weight excluding hydrogens is 414 g/mol. The van der Waals surface area contributed by atoms with E-state index < -0.39 is 15.9 Å². The van der Waals surface area contributed by atoms with Crippen LogP contribution in [0.15, 0.2) is 53.4 Å². The maximum atomic E-state index is 13.0. The van der Waals surface area contributed by atoms with Gasteiger partial charge in [0.2, 0.25) is 21.8 Å². The number of fused-ring (bicyclic) bond motifs is 1. The van der Waals surface area contributed by atoms with Crippen molar-refractivity contribution >= 4 is 33.2 Å². The third-order valence-electron chi connectivity index (χ3n) is 5.91. The minimum absolute atomic E-state index is 0.0701. The number of sulfonamides is 1. The van der Waals surface area contributed by atoms with Gasteiger partial charge in [-0.25, -0.2) is 8.42 Å². The third-order valence-corrected chi connectivity index (χ3v) is 7.76. The molecule has 2 aliphatic rings. The highest BCUT2D eigenvalue weighted by atomic mass is 32.2. The predicted octanol–water partition coefficient (Wildman–Crippen LogP) is 3.42. The Morgan fingerprint density at radius 1 is 1.03 bits per heavy atom. The van der Waals surface area contributed by atoms with Crippen LogP contribution in [0.2, 0.25) is 0 Å². The Labute approximate surface area is 182 Å². The van der Waals surface area contributed by atoms with Gasteiger partial charge in [-0.2, -0.15) is 4.31 Å². The Morgan fingerprint density at radius 2 is 1.68 bits per heavy atom. The number of carbonyl (C=O) groups is 2. The average molecular weight is 442 g/mol. The van der Waals surface area contributed by atoms with Crippen LogP contribution >= 0.6 is 0 Å². The number of nitrogens with zero attached hydrogens (tertiary/aromatic N) is 1. The lowest BCUT2D eigenvalue weighted by Gasteiger charge is -2.34. The van der Waals surface area contributed by atoms with E-state index in [1.165, 1.54) is 12.1 Å². The van der Waals surface area contributed by atoms with Crippen molar-refractivity contribution in [3.63, 3.8) is 0 Å². The van der Waals surface area contributed by atoms with Crippen LogP contribution in [0.25, 0.3) is 0 Å². The first-order valence-corrected chi connectivity index (χ1v) is 12.0. The zero-order valence-electron chi connectivity index (χ0n) is 17.7. The molecule has 7 nitrogen and oxygen atoms in total. The zero-order chi connectivity index (χ0) is 22.2. The van der Waals surface area contributed by atoms with E-state index in [1.54, 1.807) is 22.5 Å². The molecule has 0 aromatic heterocycles. The van der Waals surface area contributed by atoms with E-state index in [0.717, 1.165) is 12.0 Å². The molecule has 3 atom stereocenters. The van der Waals surface area contributed by atoms with E-state index in [4.69, 9.17) is 0 Å². The summed E-state index contributed by atoms with van der Waals surface area (Å²) in [5.41, 5.74) is 1.91. The van der Waals surface area contributed by atoms with E-state index in [-0.39, 0.29) is 23.1 Å². The average Bonchev–Trinajstić information content (AvgIpc) is 2.72. The summed E-state index contributed by atoms with van der Waals surface area (Å²) >= 11 is 0. The van der Waals surface area contributed by atoms with Crippen LogP contribution in [0.1, 0.15) is 38.2 Å². The van der Waals surface area contributed by atoms with Gasteiger partial charge >= 0.3 is 0 Å². The van der Waals surface area contributed by atoms with Crippen molar-refractivity contribution in [3.05, 3.63) is 54.1 Å².